The third kappa shape index (κ3) is 3.32. The van der Waals surface area contributed by atoms with Crippen molar-refractivity contribution >= 4 is 27.3 Å². The summed E-state index contributed by atoms with van der Waals surface area (Å²) < 4.78 is 27.1. The molecule has 0 unspecified atom stereocenters. The maximum Gasteiger partial charge on any atom is 0.262 e. The molecule has 0 aliphatic heterocycles. The summed E-state index contributed by atoms with van der Waals surface area (Å²) in [7, 11) is -3.76. The SMILES string of the molecule is Cc1cc(N)ccc1S(=O)(=O)Nc1cccc(C(N)=O)c1. The van der Waals surface area contributed by atoms with Gasteiger partial charge in [-0.05, 0) is 48.9 Å². The van der Waals surface area contributed by atoms with Gasteiger partial charge < -0.3 is 11.5 Å². The van der Waals surface area contributed by atoms with Crippen molar-refractivity contribution in [3.05, 3.63) is 53.6 Å². The minimum absolute atomic E-state index is 0.126. The van der Waals surface area contributed by atoms with Crippen molar-refractivity contribution in [2.75, 3.05) is 10.5 Å². The molecule has 0 heterocycles. The molecule has 0 fully saturated rings. The number of hydrogen-bond donors (Lipinski definition) is 3. The van der Waals surface area contributed by atoms with E-state index in [0.717, 1.165) is 0 Å². The lowest BCUT2D eigenvalue weighted by Gasteiger charge is -2.11. The summed E-state index contributed by atoms with van der Waals surface area (Å²) in [6.07, 6.45) is 0. The largest absolute Gasteiger partial charge is 0.399 e. The number of primary amides is 1. The van der Waals surface area contributed by atoms with Crippen molar-refractivity contribution in [3.63, 3.8) is 0 Å². The van der Waals surface area contributed by atoms with E-state index in [-0.39, 0.29) is 16.1 Å². The third-order valence-electron chi connectivity index (χ3n) is 2.89. The van der Waals surface area contributed by atoms with E-state index in [1.165, 1.54) is 30.3 Å². The Bertz CT molecular complexity index is 801. The van der Waals surface area contributed by atoms with Gasteiger partial charge in [0.05, 0.1) is 4.90 Å². The van der Waals surface area contributed by atoms with E-state index in [2.05, 4.69) is 4.72 Å². The van der Waals surface area contributed by atoms with Gasteiger partial charge in [0.15, 0.2) is 0 Å². The van der Waals surface area contributed by atoms with E-state index in [0.29, 0.717) is 11.3 Å². The summed E-state index contributed by atoms with van der Waals surface area (Å²) in [4.78, 5) is 11.2. The highest BCUT2D eigenvalue weighted by molar-refractivity contribution is 7.92. The maximum absolute atomic E-state index is 12.3. The number of aryl methyl sites for hydroxylation is 1. The summed E-state index contributed by atoms with van der Waals surface area (Å²) in [5.74, 6) is -0.625. The number of amides is 1. The van der Waals surface area contributed by atoms with Crippen molar-refractivity contribution in [3.8, 4) is 0 Å². The van der Waals surface area contributed by atoms with Crippen LogP contribution in [0.2, 0.25) is 0 Å². The van der Waals surface area contributed by atoms with Gasteiger partial charge >= 0.3 is 0 Å². The molecular weight excluding hydrogens is 290 g/mol. The highest BCUT2D eigenvalue weighted by Crippen LogP contribution is 2.21. The highest BCUT2D eigenvalue weighted by atomic mass is 32.2. The minimum Gasteiger partial charge on any atom is -0.399 e. The number of carbonyl (C=O) groups excluding carboxylic acids is 1. The quantitative estimate of drug-likeness (QED) is 0.742. The first-order valence-electron chi connectivity index (χ1n) is 6.08. The predicted octanol–water partition coefficient (Wildman–Crippen LogP) is 1.48. The first kappa shape index (κ1) is 14.9. The minimum atomic E-state index is -3.76. The van der Waals surface area contributed by atoms with E-state index in [9.17, 15) is 13.2 Å². The Morgan fingerprint density at radius 2 is 1.86 bits per heavy atom. The highest BCUT2D eigenvalue weighted by Gasteiger charge is 2.17. The van der Waals surface area contributed by atoms with E-state index in [1.54, 1.807) is 19.1 Å². The van der Waals surface area contributed by atoms with E-state index >= 15 is 0 Å². The lowest BCUT2D eigenvalue weighted by Crippen LogP contribution is -2.16. The van der Waals surface area contributed by atoms with Crippen molar-refractivity contribution in [1.29, 1.82) is 0 Å². The number of hydrogen-bond acceptors (Lipinski definition) is 4. The number of benzene rings is 2. The predicted molar refractivity (Wildman–Crippen MR) is 81.4 cm³/mol. The second kappa shape index (κ2) is 5.45. The van der Waals surface area contributed by atoms with Crippen LogP contribution in [-0.2, 0) is 10.0 Å². The molecule has 21 heavy (non-hydrogen) atoms. The molecule has 0 saturated carbocycles. The average Bonchev–Trinajstić information content (AvgIpc) is 2.37. The number of nitrogen functional groups attached to an aromatic ring is 1. The zero-order valence-electron chi connectivity index (χ0n) is 11.3. The number of anilines is 2. The number of nitrogens with one attached hydrogen (secondary N) is 1. The molecule has 110 valence electrons. The fourth-order valence-electron chi connectivity index (χ4n) is 1.92. The van der Waals surface area contributed by atoms with E-state index in [1.807, 2.05) is 0 Å². The van der Waals surface area contributed by atoms with Gasteiger partial charge in [-0.15, -0.1) is 0 Å². The second-order valence-corrected chi connectivity index (χ2v) is 6.23. The van der Waals surface area contributed by atoms with Gasteiger partial charge in [0.1, 0.15) is 0 Å². The molecule has 0 aromatic heterocycles. The fourth-order valence-corrected chi connectivity index (χ4v) is 3.20. The first-order valence-corrected chi connectivity index (χ1v) is 7.57. The van der Waals surface area contributed by atoms with E-state index in [4.69, 9.17) is 11.5 Å². The van der Waals surface area contributed by atoms with Crippen molar-refractivity contribution in [2.24, 2.45) is 5.73 Å². The fraction of sp³-hybridized carbons (Fsp3) is 0.0714. The summed E-state index contributed by atoms with van der Waals surface area (Å²) in [5.41, 5.74) is 12.3. The Morgan fingerprint density at radius 1 is 1.14 bits per heavy atom. The molecule has 5 N–H and O–H groups in total. The Morgan fingerprint density at radius 3 is 2.48 bits per heavy atom. The topological polar surface area (TPSA) is 115 Å². The van der Waals surface area contributed by atoms with Gasteiger partial charge in [-0.3, -0.25) is 9.52 Å². The van der Waals surface area contributed by atoms with Crippen LogP contribution >= 0.6 is 0 Å². The Balaban J connectivity index is 2.37. The van der Waals surface area contributed by atoms with Crippen LogP contribution in [0.25, 0.3) is 0 Å². The van der Waals surface area contributed by atoms with Crippen molar-refractivity contribution in [1.82, 2.24) is 0 Å². The molecule has 0 bridgehead atoms. The maximum atomic E-state index is 12.3. The summed E-state index contributed by atoms with van der Waals surface area (Å²) in [5, 5.41) is 0. The Hall–Kier alpha value is -2.54. The van der Waals surface area contributed by atoms with Crippen LogP contribution in [0.5, 0.6) is 0 Å². The lowest BCUT2D eigenvalue weighted by atomic mass is 10.2. The normalized spacial score (nSPS) is 11.1. The van der Waals surface area contributed by atoms with Gasteiger partial charge in [0, 0.05) is 16.9 Å². The lowest BCUT2D eigenvalue weighted by molar-refractivity contribution is 0.100. The zero-order chi connectivity index (χ0) is 15.6. The average molecular weight is 305 g/mol. The van der Waals surface area contributed by atoms with Crippen LogP contribution in [0.3, 0.4) is 0 Å². The Kier molecular flexibility index (Phi) is 3.86. The van der Waals surface area contributed by atoms with Gasteiger partial charge in [-0.25, -0.2) is 8.42 Å². The molecule has 0 radical (unpaired) electrons. The van der Waals surface area contributed by atoms with Gasteiger partial charge in [0.2, 0.25) is 5.91 Å². The molecule has 2 rings (SSSR count). The molecule has 0 saturated heterocycles. The summed E-state index contributed by atoms with van der Waals surface area (Å²) in [6.45, 7) is 1.66. The van der Waals surface area contributed by atoms with Crippen LogP contribution in [0.15, 0.2) is 47.4 Å². The van der Waals surface area contributed by atoms with Crippen LogP contribution in [0.4, 0.5) is 11.4 Å². The molecule has 0 spiro atoms. The van der Waals surface area contributed by atoms with Gasteiger partial charge in [-0.2, -0.15) is 0 Å². The number of carbonyl (C=O) groups is 1. The number of sulfonamides is 1. The van der Waals surface area contributed by atoms with Crippen LogP contribution in [0, 0.1) is 6.92 Å². The van der Waals surface area contributed by atoms with Gasteiger partial charge in [-0.1, -0.05) is 6.07 Å². The molecule has 0 atom stereocenters. The summed E-state index contributed by atoms with van der Waals surface area (Å²) >= 11 is 0. The molecule has 1 amide bonds. The monoisotopic (exact) mass is 305 g/mol. The zero-order valence-corrected chi connectivity index (χ0v) is 12.1. The van der Waals surface area contributed by atoms with Gasteiger partial charge in [0.25, 0.3) is 10.0 Å². The second-order valence-electron chi connectivity index (χ2n) is 4.58. The first-order chi connectivity index (χ1) is 9.79. The van der Waals surface area contributed by atoms with Crippen LogP contribution in [-0.4, -0.2) is 14.3 Å². The smallest absolute Gasteiger partial charge is 0.262 e. The number of nitrogens with two attached hydrogens (primary N) is 2. The molecule has 2 aromatic carbocycles. The molecular formula is C14H15N3O3S. The third-order valence-corrected chi connectivity index (χ3v) is 4.43. The Labute approximate surface area is 122 Å². The molecule has 7 heteroatoms. The standard InChI is InChI=1S/C14H15N3O3S/c1-9-7-11(15)5-6-13(9)21(19,20)17-12-4-2-3-10(8-12)14(16)18/h2-8,17H,15H2,1H3,(H2,16,18). The molecule has 6 nitrogen and oxygen atoms in total. The molecule has 0 aliphatic rings. The molecule has 0 aliphatic carbocycles. The van der Waals surface area contributed by atoms with Crippen molar-refractivity contribution in [2.45, 2.75) is 11.8 Å². The van der Waals surface area contributed by atoms with Crippen LogP contribution in [0.1, 0.15) is 15.9 Å². The van der Waals surface area contributed by atoms with E-state index < -0.39 is 15.9 Å². The van der Waals surface area contributed by atoms with Crippen molar-refractivity contribution < 1.29 is 13.2 Å². The van der Waals surface area contributed by atoms with Crippen LogP contribution < -0.4 is 16.2 Å². The molecule has 2 aromatic rings. The number of rotatable bonds is 4. The summed E-state index contributed by atoms with van der Waals surface area (Å²) in [6, 6.07) is 10.5.